The van der Waals surface area contributed by atoms with Crippen molar-refractivity contribution in [2.24, 2.45) is 5.41 Å². The van der Waals surface area contributed by atoms with Gasteiger partial charge in [0.1, 0.15) is 0 Å². The van der Waals surface area contributed by atoms with Gasteiger partial charge in [-0.05, 0) is 65.2 Å². The lowest BCUT2D eigenvalue weighted by molar-refractivity contribution is 0.181. The number of rotatable bonds is 6. The zero-order valence-electron chi connectivity index (χ0n) is 11.9. The zero-order valence-corrected chi connectivity index (χ0v) is 13.5. The SMILES string of the molecule is CCCNCC1(Cc2cncc(Br)c2)CCCCC1. The smallest absolute Gasteiger partial charge is 0.0410 e. The molecule has 1 aromatic rings. The summed E-state index contributed by atoms with van der Waals surface area (Å²) in [6.45, 7) is 4.53. The van der Waals surface area contributed by atoms with E-state index in [4.69, 9.17) is 0 Å². The molecule has 1 aliphatic rings. The van der Waals surface area contributed by atoms with Gasteiger partial charge in [0.15, 0.2) is 0 Å². The van der Waals surface area contributed by atoms with Crippen molar-refractivity contribution >= 4 is 15.9 Å². The minimum Gasteiger partial charge on any atom is -0.316 e. The van der Waals surface area contributed by atoms with Gasteiger partial charge in [0.25, 0.3) is 0 Å². The van der Waals surface area contributed by atoms with Gasteiger partial charge in [-0.3, -0.25) is 4.98 Å². The van der Waals surface area contributed by atoms with Crippen LogP contribution in [-0.2, 0) is 6.42 Å². The summed E-state index contributed by atoms with van der Waals surface area (Å²) in [7, 11) is 0. The summed E-state index contributed by atoms with van der Waals surface area (Å²) in [4.78, 5) is 4.31. The first-order chi connectivity index (χ1) is 9.24. The molecule has 1 fully saturated rings. The lowest BCUT2D eigenvalue weighted by atomic mass is 9.70. The summed E-state index contributed by atoms with van der Waals surface area (Å²) in [6.07, 6.45) is 13.2. The molecule has 1 aliphatic carbocycles. The van der Waals surface area contributed by atoms with Gasteiger partial charge in [-0.25, -0.2) is 0 Å². The lowest BCUT2D eigenvalue weighted by Gasteiger charge is -2.38. The molecule has 0 spiro atoms. The molecule has 1 N–H and O–H groups in total. The van der Waals surface area contributed by atoms with Crippen LogP contribution in [0.25, 0.3) is 0 Å². The van der Waals surface area contributed by atoms with Crippen LogP contribution >= 0.6 is 15.9 Å². The summed E-state index contributed by atoms with van der Waals surface area (Å²) in [5.74, 6) is 0. The van der Waals surface area contributed by atoms with Crippen molar-refractivity contribution in [3.63, 3.8) is 0 Å². The van der Waals surface area contributed by atoms with Gasteiger partial charge in [-0.2, -0.15) is 0 Å². The van der Waals surface area contributed by atoms with E-state index in [0.29, 0.717) is 5.41 Å². The molecule has 0 amide bonds. The van der Waals surface area contributed by atoms with Crippen molar-refractivity contribution < 1.29 is 0 Å². The van der Waals surface area contributed by atoms with Crippen molar-refractivity contribution in [3.05, 3.63) is 28.5 Å². The van der Waals surface area contributed by atoms with E-state index in [1.54, 1.807) is 0 Å². The third-order valence-electron chi connectivity index (χ3n) is 4.18. The second-order valence-electron chi connectivity index (χ2n) is 5.93. The number of hydrogen-bond donors (Lipinski definition) is 1. The van der Waals surface area contributed by atoms with E-state index in [1.807, 2.05) is 12.4 Å². The standard InChI is InChI=1S/C16H25BrN2/c1-2-8-18-13-16(6-4-3-5-7-16)10-14-9-15(17)12-19-11-14/h9,11-12,18H,2-8,10,13H2,1H3. The number of nitrogens with one attached hydrogen (secondary N) is 1. The predicted octanol–water partition coefficient (Wildman–Crippen LogP) is 4.34. The van der Waals surface area contributed by atoms with Gasteiger partial charge in [0.05, 0.1) is 0 Å². The molecular weight excluding hydrogens is 300 g/mol. The van der Waals surface area contributed by atoms with Gasteiger partial charge < -0.3 is 5.32 Å². The van der Waals surface area contributed by atoms with Crippen LogP contribution < -0.4 is 5.32 Å². The van der Waals surface area contributed by atoms with Gasteiger partial charge in [0, 0.05) is 23.4 Å². The maximum absolute atomic E-state index is 4.31. The fraction of sp³-hybridized carbons (Fsp3) is 0.688. The molecule has 0 aliphatic heterocycles. The molecule has 1 saturated carbocycles. The van der Waals surface area contributed by atoms with Gasteiger partial charge in [-0.15, -0.1) is 0 Å². The fourth-order valence-corrected chi connectivity index (χ4v) is 3.65. The molecule has 0 saturated heterocycles. The third-order valence-corrected chi connectivity index (χ3v) is 4.62. The van der Waals surface area contributed by atoms with E-state index < -0.39 is 0 Å². The molecule has 0 aromatic carbocycles. The summed E-state index contributed by atoms with van der Waals surface area (Å²) >= 11 is 3.53. The van der Waals surface area contributed by atoms with Crippen LogP contribution in [0.3, 0.4) is 0 Å². The van der Waals surface area contributed by atoms with E-state index >= 15 is 0 Å². The first-order valence-electron chi connectivity index (χ1n) is 7.54. The van der Waals surface area contributed by atoms with E-state index in [0.717, 1.165) is 24.0 Å². The fourth-order valence-electron chi connectivity index (χ4n) is 3.23. The van der Waals surface area contributed by atoms with Gasteiger partial charge in [0.2, 0.25) is 0 Å². The maximum Gasteiger partial charge on any atom is 0.0410 e. The average Bonchev–Trinajstić information content (AvgIpc) is 2.40. The van der Waals surface area contributed by atoms with Crippen LogP contribution in [0.4, 0.5) is 0 Å². The van der Waals surface area contributed by atoms with Crippen molar-refractivity contribution in [3.8, 4) is 0 Å². The molecule has 0 radical (unpaired) electrons. The molecule has 1 aromatic heterocycles. The Morgan fingerprint density at radius 2 is 2.05 bits per heavy atom. The molecule has 2 nitrogen and oxygen atoms in total. The average molecular weight is 325 g/mol. The Balaban J connectivity index is 2.04. The number of aromatic nitrogens is 1. The van der Waals surface area contributed by atoms with E-state index in [-0.39, 0.29) is 0 Å². The highest BCUT2D eigenvalue weighted by Gasteiger charge is 2.31. The number of halogens is 1. The van der Waals surface area contributed by atoms with Crippen LogP contribution in [0.2, 0.25) is 0 Å². The minimum absolute atomic E-state index is 0.454. The number of hydrogen-bond acceptors (Lipinski definition) is 2. The lowest BCUT2D eigenvalue weighted by Crippen LogP contribution is -2.38. The van der Waals surface area contributed by atoms with Gasteiger partial charge in [-0.1, -0.05) is 26.2 Å². The van der Waals surface area contributed by atoms with E-state index in [1.165, 1.54) is 44.1 Å². The van der Waals surface area contributed by atoms with Crippen LogP contribution in [-0.4, -0.2) is 18.1 Å². The van der Waals surface area contributed by atoms with Crippen molar-refractivity contribution in [1.82, 2.24) is 10.3 Å². The van der Waals surface area contributed by atoms with Crippen LogP contribution in [0.5, 0.6) is 0 Å². The highest BCUT2D eigenvalue weighted by Crippen LogP contribution is 2.38. The maximum atomic E-state index is 4.31. The molecule has 3 heteroatoms. The predicted molar refractivity (Wildman–Crippen MR) is 84.3 cm³/mol. The van der Waals surface area contributed by atoms with Crippen LogP contribution in [0.1, 0.15) is 51.0 Å². The summed E-state index contributed by atoms with van der Waals surface area (Å²) in [6, 6.07) is 2.23. The summed E-state index contributed by atoms with van der Waals surface area (Å²) in [5.41, 5.74) is 1.82. The minimum atomic E-state index is 0.454. The Morgan fingerprint density at radius 3 is 2.74 bits per heavy atom. The zero-order chi connectivity index (χ0) is 13.6. The van der Waals surface area contributed by atoms with Gasteiger partial charge >= 0.3 is 0 Å². The molecule has 0 bridgehead atoms. The second kappa shape index (κ2) is 7.39. The first kappa shape index (κ1) is 15.0. The Kier molecular flexibility index (Phi) is 5.83. The number of nitrogens with zero attached hydrogens (tertiary/aromatic N) is 1. The molecule has 0 unspecified atom stereocenters. The van der Waals surface area contributed by atoms with Crippen LogP contribution in [0.15, 0.2) is 22.9 Å². The van der Waals surface area contributed by atoms with Crippen molar-refractivity contribution in [1.29, 1.82) is 0 Å². The summed E-state index contributed by atoms with van der Waals surface area (Å²) < 4.78 is 1.09. The summed E-state index contributed by atoms with van der Waals surface area (Å²) in [5, 5.41) is 3.65. The molecule has 106 valence electrons. The highest BCUT2D eigenvalue weighted by atomic mass is 79.9. The molecule has 0 atom stereocenters. The monoisotopic (exact) mass is 324 g/mol. The Morgan fingerprint density at radius 1 is 1.26 bits per heavy atom. The highest BCUT2D eigenvalue weighted by molar-refractivity contribution is 9.10. The Hall–Kier alpha value is -0.410. The Bertz CT molecular complexity index is 386. The molecular formula is C16H25BrN2. The third kappa shape index (κ3) is 4.57. The van der Waals surface area contributed by atoms with E-state index in [9.17, 15) is 0 Å². The largest absolute Gasteiger partial charge is 0.316 e. The van der Waals surface area contributed by atoms with E-state index in [2.05, 4.69) is 39.2 Å². The quantitative estimate of drug-likeness (QED) is 0.787. The second-order valence-corrected chi connectivity index (χ2v) is 6.84. The molecule has 19 heavy (non-hydrogen) atoms. The molecule has 1 heterocycles. The normalized spacial score (nSPS) is 18.4. The topological polar surface area (TPSA) is 24.9 Å². The van der Waals surface area contributed by atoms with Crippen molar-refractivity contribution in [2.75, 3.05) is 13.1 Å². The van der Waals surface area contributed by atoms with Crippen LogP contribution in [0, 0.1) is 5.41 Å². The van der Waals surface area contributed by atoms with Crippen molar-refractivity contribution in [2.45, 2.75) is 51.9 Å². The molecule has 2 rings (SSSR count). The first-order valence-corrected chi connectivity index (χ1v) is 8.34. The number of pyridine rings is 1. The Labute approximate surface area is 125 Å².